The maximum atomic E-state index is 8.55. The molecule has 0 bridgehead atoms. The summed E-state index contributed by atoms with van der Waals surface area (Å²) in [4.78, 5) is 25.6. The van der Waals surface area contributed by atoms with Gasteiger partial charge >= 0.3 is 50.1 Å². The van der Waals surface area contributed by atoms with Gasteiger partial charge in [0.1, 0.15) is 0 Å². The van der Waals surface area contributed by atoms with Crippen LogP contribution in [0.2, 0.25) is 0 Å². The van der Waals surface area contributed by atoms with Crippen molar-refractivity contribution in [2.24, 2.45) is 0 Å². The molecule has 4 nitrogen and oxygen atoms in total. The maximum absolute atomic E-state index is 8.55. The Morgan fingerprint density at radius 3 is 1.14 bits per heavy atom. The molecule has 0 atom stereocenters. The molecule has 0 saturated heterocycles. The predicted molar refractivity (Wildman–Crippen MR) is 13.4 cm³/mol. The molecule has 0 aliphatic rings. The first kappa shape index (κ1) is 15.9. The van der Waals surface area contributed by atoms with Gasteiger partial charge in [-0.25, -0.2) is 0 Å². The quantitative estimate of drug-likeness (QED) is 0.311. The van der Waals surface area contributed by atoms with Crippen LogP contribution < -0.4 is 14.7 Å². The molecule has 0 radical (unpaired) electrons. The van der Waals surface area contributed by atoms with Crippen LogP contribution in [0.4, 0.5) is 0 Å². The van der Waals surface area contributed by atoms with Crippen LogP contribution in [0, 0.1) is 0 Å². The Kier molecular flexibility index (Phi) is 13.3. The molecule has 0 rings (SSSR count). The molecule has 7 heteroatoms. The molecule has 32 valence electrons. The summed E-state index contributed by atoms with van der Waals surface area (Å²) in [5.74, 6) is 0. The molecule has 0 spiro atoms. The minimum Gasteiger partial charge on any atom is -0.822 e. The van der Waals surface area contributed by atoms with Crippen LogP contribution in [-0.2, 0) is 37.3 Å². The molecule has 0 unspecified atom stereocenters. The molecule has 0 amide bonds. The summed E-state index contributed by atoms with van der Waals surface area (Å²) in [5.41, 5.74) is 0. The smallest absolute Gasteiger partial charge is 0.822 e. The zero-order valence-corrected chi connectivity index (χ0v) is 8.12. The van der Waals surface area contributed by atoms with Gasteiger partial charge in [0.05, 0.1) is 0 Å². The molecule has 0 N–H and O–H groups in total. The summed E-state index contributed by atoms with van der Waals surface area (Å²) >= 11 is 0. The predicted octanol–water partition coefficient (Wildman–Crippen LogP) is -3.21. The molecular weight excluding hydrogens is 211 g/mol. The van der Waals surface area contributed by atoms with Crippen LogP contribution >= 0.6 is 7.82 Å². The summed E-state index contributed by atoms with van der Waals surface area (Å²) in [6, 6.07) is 0. The second-order valence-electron chi connectivity index (χ2n) is 0.447. The summed E-state index contributed by atoms with van der Waals surface area (Å²) in [5, 5.41) is 0. The number of phosphoric acid groups is 1. The summed E-state index contributed by atoms with van der Waals surface area (Å²) < 4.78 is 8.55. The maximum Gasteiger partial charge on any atom is 3.00 e. The van der Waals surface area contributed by atoms with E-state index in [-0.39, 0.29) is 50.1 Å². The summed E-state index contributed by atoms with van der Waals surface area (Å²) in [6.07, 6.45) is 0. The van der Waals surface area contributed by atoms with Crippen molar-refractivity contribution in [1.82, 2.24) is 0 Å². The first-order valence-corrected chi connectivity index (χ1v) is 2.19. The van der Waals surface area contributed by atoms with Crippen molar-refractivity contribution in [1.29, 1.82) is 0 Å². The van der Waals surface area contributed by atoms with Gasteiger partial charge in [0.2, 0.25) is 0 Å². The molecule has 0 aliphatic carbocycles. The summed E-state index contributed by atoms with van der Waals surface area (Å²) in [6.45, 7) is 0. The first-order chi connectivity index (χ1) is 2.00. The van der Waals surface area contributed by atoms with Crippen molar-refractivity contribution in [2.75, 3.05) is 0 Å². The number of hydrogen-bond acceptors (Lipinski definition) is 4. The van der Waals surface area contributed by atoms with Gasteiger partial charge in [-0.2, -0.15) is 7.82 Å². The van der Waals surface area contributed by atoms with Crippen molar-refractivity contribution in [3.05, 3.63) is 0 Å². The fourth-order valence-electron chi connectivity index (χ4n) is 0. The topological polar surface area (TPSA) is 86.2 Å². The Bertz CT molecular complexity index is 57.8. The van der Waals surface area contributed by atoms with Gasteiger partial charge in [0.25, 0.3) is 0 Å². The monoisotopic (exact) mass is 211 g/mol. The average molecular weight is 211 g/mol. The molecule has 0 aliphatic heterocycles. The second kappa shape index (κ2) is 5.88. The Morgan fingerprint density at radius 2 is 1.14 bits per heavy atom. The van der Waals surface area contributed by atoms with E-state index in [1.165, 1.54) is 0 Å². The Hall–Kier alpha value is 1.75. The van der Waals surface area contributed by atoms with Gasteiger partial charge in [0.15, 0.2) is 0 Å². The molecule has 0 aromatic rings. The van der Waals surface area contributed by atoms with E-state index in [9.17, 15) is 0 Å². The van der Waals surface area contributed by atoms with Crippen molar-refractivity contribution in [3.8, 4) is 0 Å². The van der Waals surface area contributed by atoms with Gasteiger partial charge in [-0.1, -0.05) is 0 Å². The number of rotatable bonds is 0. The average Bonchev–Trinajstić information content (AvgIpc) is 0.722. The van der Waals surface area contributed by atoms with Gasteiger partial charge in [-0.05, 0) is 0 Å². The van der Waals surface area contributed by atoms with Gasteiger partial charge in [0, 0.05) is 0 Å². The van der Waals surface area contributed by atoms with Gasteiger partial charge in [-0.3, -0.25) is 0 Å². The molecule has 0 aromatic carbocycles. The third-order valence-electron chi connectivity index (χ3n) is 0. The van der Waals surface area contributed by atoms with E-state index in [1.807, 2.05) is 0 Å². The van der Waals surface area contributed by atoms with Crippen LogP contribution in [0.15, 0.2) is 0 Å². The van der Waals surface area contributed by atoms with E-state index in [0.717, 1.165) is 0 Å². The van der Waals surface area contributed by atoms with Crippen LogP contribution in [0.1, 0.15) is 0 Å². The van der Waals surface area contributed by atoms with Crippen molar-refractivity contribution in [3.63, 3.8) is 0 Å². The van der Waals surface area contributed by atoms with Crippen molar-refractivity contribution < 1.29 is 52.0 Å². The normalized spacial score (nSPS) is 8.43. The molecular formula is AlO4PY+3. The van der Waals surface area contributed by atoms with E-state index < -0.39 is 7.82 Å². The van der Waals surface area contributed by atoms with Crippen LogP contribution in [0.5, 0.6) is 0 Å². The summed E-state index contributed by atoms with van der Waals surface area (Å²) in [7, 11) is -5.39. The Labute approximate surface area is 76.6 Å². The van der Waals surface area contributed by atoms with Crippen molar-refractivity contribution >= 4 is 25.2 Å². The zero-order chi connectivity index (χ0) is 4.50. The third kappa shape index (κ3) is 83.9. The number of hydrogen-bond donors (Lipinski definition) is 0. The fraction of sp³-hybridized carbons (Fsp3) is 0. The Morgan fingerprint density at radius 1 is 1.14 bits per heavy atom. The van der Waals surface area contributed by atoms with Crippen molar-refractivity contribution in [2.45, 2.75) is 0 Å². The molecule has 7 heavy (non-hydrogen) atoms. The first-order valence-electron chi connectivity index (χ1n) is 0.730. The Balaban J connectivity index is -0.0000000800. The standard InChI is InChI=1S/Al.H3O4P.Y/c;1-5(2,3)4;/h;(H3,1,2,3,4);/q+3;;+3/p-3. The second-order valence-corrected chi connectivity index (χ2v) is 1.34. The van der Waals surface area contributed by atoms with E-state index in [1.54, 1.807) is 0 Å². The van der Waals surface area contributed by atoms with Gasteiger partial charge in [-0.15, -0.1) is 0 Å². The van der Waals surface area contributed by atoms with E-state index in [0.29, 0.717) is 0 Å². The SMILES string of the molecule is O=P([O-])([O-])[O-].[Al+3].[Y+3]. The largest absolute Gasteiger partial charge is 3.00 e. The molecule has 0 aromatic heterocycles. The van der Waals surface area contributed by atoms with Crippen LogP contribution in [0.25, 0.3) is 0 Å². The minimum atomic E-state index is -5.39. The van der Waals surface area contributed by atoms with Crippen LogP contribution in [0.3, 0.4) is 0 Å². The van der Waals surface area contributed by atoms with E-state index >= 15 is 0 Å². The molecule has 0 fully saturated rings. The fourth-order valence-corrected chi connectivity index (χ4v) is 0. The van der Waals surface area contributed by atoms with E-state index in [2.05, 4.69) is 0 Å². The molecule has 0 heterocycles. The minimum absolute atomic E-state index is 0. The van der Waals surface area contributed by atoms with Crippen LogP contribution in [-0.4, -0.2) is 17.4 Å². The molecule has 0 saturated carbocycles. The third-order valence-corrected chi connectivity index (χ3v) is 0. The van der Waals surface area contributed by atoms with Gasteiger partial charge < -0.3 is 19.2 Å². The van der Waals surface area contributed by atoms with E-state index in [4.69, 9.17) is 19.2 Å². The zero-order valence-electron chi connectivity index (χ0n) is 3.23.